The minimum Gasteiger partial charge on any atom is -0.501 e. The molecule has 0 radical (unpaired) electrons. The predicted molar refractivity (Wildman–Crippen MR) is 90.9 cm³/mol. The Hall–Kier alpha value is -3.63. The fourth-order valence-corrected chi connectivity index (χ4v) is 2.43. The number of aromatic nitrogens is 5. The summed E-state index contributed by atoms with van der Waals surface area (Å²) >= 11 is 0. The van der Waals surface area contributed by atoms with Gasteiger partial charge in [0.15, 0.2) is 5.69 Å². The van der Waals surface area contributed by atoms with Crippen LogP contribution < -0.4 is 15.8 Å². The zero-order valence-electron chi connectivity index (χ0n) is 14.4. The highest BCUT2D eigenvalue weighted by molar-refractivity contribution is 6.04. The topological polar surface area (TPSA) is 131 Å². The third-order valence-electron chi connectivity index (χ3n) is 3.67. The minimum atomic E-state index is -0.751. The first-order chi connectivity index (χ1) is 12.4. The number of nitrogens with one attached hydrogen (secondary N) is 1. The number of nitrogens with zero attached hydrogens (tertiary/aromatic N) is 6. The summed E-state index contributed by atoms with van der Waals surface area (Å²) in [6.07, 6.45) is 6.01. The number of carbonyl (C=O) groups excluding carboxylic acids is 1. The molecule has 0 fully saturated rings. The van der Waals surface area contributed by atoms with E-state index in [-0.39, 0.29) is 17.3 Å². The van der Waals surface area contributed by atoms with Crippen LogP contribution in [0.15, 0.2) is 34.2 Å². The van der Waals surface area contributed by atoms with Gasteiger partial charge in [0.05, 0.1) is 12.4 Å². The molecular weight excluding hydrogens is 342 g/mol. The van der Waals surface area contributed by atoms with Gasteiger partial charge in [-0.2, -0.15) is 5.10 Å². The average Bonchev–Trinajstić information content (AvgIpc) is 3.24. The highest BCUT2D eigenvalue weighted by Gasteiger charge is 2.22. The Labute approximate surface area is 147 Å². The minimum absolute atomic E-state index is 0.215. The van der Waals surface area contributed by atoms with E-state index in [2.05, 4.69) is 25.1 Å². The van der Waals surface area contributed by atoms with E-state index in [0.717, 1.165) is 5.56 Å². The van der Waals surface area contributed by atoms with Crippen molar-refractivity contribution in [2.45, 2.75) is 6.54 Å². The van der Waals surface area contributed by atoms with Gasteiger partial charge in [-0.25, -0.2) is 4.98 Å². The molecule has 26 heavy (non-hydrogen) atoms. The van der Waals surface area contributed by atoms with E-state index in [1.165, 1.54) is 24.1 Å². The molecule has 0 saturated carbocycles. The lowest BCUT2D eigenvalue weighted by Gasteiger charge is -2.20. The monoisotopic (exact) mass is 359 g/mol. The molecule has 0 aliphatic carbocycles. The molecule has 0 aromatic carbocycles. The van der Waals surface area contributed by atoms with Crippen molar-refractivity contribution in [2.75, 3.05) is 17.3 Å². The van der Waals surface area contributed by atoms with Crippen LogP contribution >= 0.6 is 0 Å². The van der Waals surface area contributed by atoms with E-state index < -0.39 is 17.2 Å². The summed E-state index contributed by atoms with van der Waals surface area (Å²) in [6.45, 7) is 0.408. The second-order valence-corrected chi connectivity index (χ2v) is 5.72. The maximum absolute atomic E-state index is 12.3. The maximum Gasteiger partial charge on any atom is 0.297 e. The van der Waals surface area contributed by atoms with Crippen molar-refractivity contribution in [1.29, 1.82) is 0 Å². The summed E-state index contributed by atoms with van der Waals surface area (Å²) in [7, 11) is 4.98. The third-order valence-corrected chi connectivity index (χ3v) is 3.67. The molecule has 1 amide bonds. The van der Waals surface area contributed by atoms with Gasteiger partial charge in [0.1, 0.15) is 12.0 Å². The fourth-order valence-electron chi connectivity index (χ4n) is 2.43. The summed E-state index contributed by atoms with van der Waals surface area (Å²) < 4.78 is 7.45. The van der Waals surface area contributed by atoms with Crippen LogP contribution in [0.4, 0.5) is 11.6 Å². The molecule has 2 N–H and O–H groups in total. The Morgan fingerprint density at radius 3 is 2.77 bits per heavy atom. The second-order valence-electron chi connectivity index (χ2n) is 5.72. The molecule has 0 aliphatic rings. The number of carbonyl (C=O) groups is 1. The maximum atomic E-state index is 12.3. The van der Waals surface area contributed by atoms with Gasteiger partial charge < -0.3 is 19.8 Å². The fraction of sp³-hybridized carbons (Fsp3) is 0.267. The van der Waals surface area contributed by atoms with E-state index >= 15 is 0 Å². The molecule has 0 spiro atoms. The SMILES string of the molecule is CN(Cc1cnn(C)c1)c1nc(C(=O)Nc2cnoc2)c(O)c(=O)n1C. The van der Waals surface area contributed by atoms with Crippen molar-refractivity contribution < 1.29 is 14.4 Å². The molecule has 3 aromatic rings. The molecule has 3 rings (SSSR count). The van der Waals surface area contributed by atoms with Crippen molar-refractivity contribution in [3.8, 4) is 5.75 Å². The third kappa shape index (κ3) is 3.27. The van der Waals surface area contributed by atoms with Gasteiger partial charge in [0.25, 0.3) is 11.5 Å². The largest absolute Gasteiger partial charge is 0.501 e. The van der Waals surface area contributed by atoms with Crippen molar-refractivity contribution in [2.24, 2.45) is 14.1 Å². The lowest BCUT2D eigenvalue weighted by Crippen LogP contribution is -2.31. The van der Waals surface area contributed by atoms with Crippen molar-refractivity contribution in [3.05, 3.63) is 46.5 Å². The smallest absolute Gasteiger partial charge is 0.297 e. The molecule has 136 valence electrons. The van der Waals surface area contributed by atoms with Crippen LogP contribution in [0.3, 0.4) is 0 Å². The number of anilines is 2. The number of aryl methyl sites for hydroxylation is 1. The van der Waals surface area contributed by atoms with Crippen molar-refractivity contribution in [1.82, 2.24) is 24.5 Å². The summed E-state index contributed by atoms with van der Waals surface area (Å²) in [5, 5.41) is 20.0. The quantitative estimate of drug-likeness (QED) is 0.655. The van der Waals surface area contributed by atoms with Crippen LogP contribution in [0.1, 0.15) is 16.1 Å². The van der Waals surface area contributed by atoms with Gasteiger partial charge in [-0.05, 0) is 0 Å². The predicted octanol–water partition coefficient (Wildman–Crippen LogP) is 0.0961. The molecule has 0 atom stereocenters. The Morgan fingerprint density at radius 2 is 2.15 bits per heavy atom. The molecule has 0 aliphatic heterocycles. The first-order valence-electron chi connectivity index (χ1n) is 7.56. The Kier molecular flexibility index (Phi) is 4.43. The highest BCUT2D eigenvalue weighted by atomic mass is 16.5. The normalized spacial score (nSPS) is 10.7. The van der Waals surface area contributed by atoms with Crippen LogP contribution in [-0.2, 0) is 20.6 Å². The van der Waals surface area contributed by atoms with Crippen molar-refractivity contribution >= 4 is 17.5 Å². The Morgan fingerprint density at radius 1 is 1.38 bits per heavy atom. The van der Waals surface area contributed by atoms with Gasteiger partial charge in [0.2, 0.25) is 11.7 Å². The van der Waals surface area contributed by atoms with E-state index in [1.807, 2.05) is 6.20 Å². The zero-order chi connectivity index (χ0) is 18.8. The first kappa shape index (κ1) is 17.2. The van der Waals surface area contributed by atoms with E-state index in [1.54, 1.807) is 29.9 Å². The Balaban J connectivity index is 1.93. The average molecular weight is 359 g/mol. The lowest BCUT2D eigenvalue weighted by atomic mass is 10.3. The van der Waals surface area contributed by atoms with Crippen molar-refractivity contribution in [3.63, 3.8) is 0 Å². The number of amides is 1. The van der Waals surface area contributed by atoms with Gasteiger partial charge in [-0.1, -0.05) is 5.16 Å². The Bertz CT molecular complexity index is 990. The highest BCUT2D eigenvalue weighted by Crippen LogP contribution is 2.18. The van der Waals surface area contributed by atoms with Crippen LogP contribution in [0.25, 0.3) is 0 Å². The second kappa shape index (κ2) is 6.70. The molecule has 0 unspecified atom stereocenters. The number of hydrogen-bond acceptors (Lipinski definition) is 8. The van der Waals surface area contributed by atoms with E-state index in [0.29, 0.717) is 6.54 Å². The summed E-state index contributed by atoms with van der Waals surface area (Å²) in [5.74, 6) is -1.27. The van der Waals surface area contributed by atoms with Crippen LogP contribution in [0, 0.1) is 0 Å². The molecule has 3 heterocycles. The number of rotatable bonds is 5. The first-order valence-corrected chi connectivity index (χ1v) is 7.56. The van der Waals surface area contributed by atoms with Gasteiger partial charge in [-0.3, -0.25) is 18.8 Å². The van der Waals surface area contributed by atoms with Crippen LogP contribution in [0.5, 0.6) is 5.75 Å². The number of hydrogen-bond donors (Lipinski definition) is 2. The molecule has 0 bridgehead atoms. The molecule has 11 nitrogen and oxygen atoms in total. The lowest BCUT2D eigenvalue weighted by molar-refractivity contribution is 0.101. The van der Waals surface area contributed by atoms with Crippen LogP contribution in [-0.4, -0.2) is 42.5 Å². The molecular formula is C15H17N7O4. The molecule has 3 aromatic heterocycles. The van der Waals surface area contributed by atoms with Gasteiger partial charge >= 0.3 is 0 Å². The summed E-state index contributed by atoms with van der Waals surface area (Å²) in [4.78, 5) is 30.5. The van der Waals surface area contributed by atoms with E-state index in [4.69, 9.17) is 0 Å². The number of aromatic hydroxyl groups is 1. The molecule has 11 heteroatoms. The van der Waals surface area contributed by atoms with Gasteiger partial charge in [-0.15, -0.1) is 0 Å². The van der Waals surface area contributed by atoms with E-state index in [9.17, 15) is 14.7 Å². The van der Waals surface area contributed by atoms with Gasteiger partial charge in [0, 0.05) is 39.4 Å². The summed E-state index contributed by atoms with van der Waals surface area (Å²) in [6, 6.07) is 0. The zero-order valence-corrected chi connectivity index (χ0v) is 14.4. The molecule has 0 saturated heterocycles. The standard InChI is InChI=1S/C15H17N7O4/c1-20(6-9-4-16-21(2)7-9)15-19-11(12(23)14(25)22(15)3)13(24)18-10-5-17-26-8-10/h4-5,7-8,23H,6H2,1-3H3,(H,18,24). The van der Waals surface area contributed by atoms with Crippen LogP contribution in [0.2, 0.25) is 0 Å². The summed E-state index contributed by atoms with van der Waals surface area (Å²) in [5.41, 5.74) is 0.0563.